The molecule has 26 heavy (non-hydrogen) atoms. The number of rotatable bonds is 4. The molecular weight excluding hydrogens is 355 g/mol. The minimum absolute atomic E-state index is 0.0344. The second-order valence-corrected chi connectivity index (χ2v) is 5.35. The zero-order valence-electron chi connectivity index (χ0n) is 12.9. The fraction of sp³-hybridized carbons (Fsp3) is 0.118. The highest BCUT2D eigenvalue weighted by Gasteiger charge is 2.33. The Bertz CT molecular complexity index is 1030. The van der Waals surface area contributed by atoms with Gasteiger partial charge in [0.25, 0.3) is 5.69 Å². The maximum Gasteiger partial charge on any atom is 0.417 e. The van der Waals surface area contributed by atoms with E-state index < -0.39 is 22.3 Å². The highest BCUT2D eigenvalue weighted by molar-refractivity contribution is 5.82. The summed E-state index contributed by atoms with van der Waals surface area (Å²) in [5.74, 6) is 0.193. The van der Waals surface area contributed by atoms with Gasteiger partial charge in [0, 0.05) is 29.7 Å². The van der Waals surface area contributed by atoms with Crippen molar-refractivity contribution in [3.8, 4) is 5.75 Å². The Hall–Kier alpha value is -3.36. The summed E-state index contributed by atoms with van der Waals surface area (Å²) in [6.07, 6.45) is -4.69. The van der Waals surface area contributed by atoms with Gasteiger partial charge in [-0.05, 0) is 29.8 Å². The molecule has 0 spiro atoms. The predicted octanol–water partition coefficient (Wildman–Crippen LogP) is 4.30. The first kappa shape index (κ1) is 17.5. The first-order chi connectivity index (χ1) is 12.2. The minimum atomic E-state index is -4.69. The van der Waals surface area contributed by atoms with E-state index in [-0.39, 0.29) is 29.0 Å². The van der Waals surface area contributed by atoms with Crippen LogP contribution in [0.3, 0.4) is 0 Å². The third-order valence-corrected chi connectivity index (χ3v) is 3.57. The van der Waals surface area contributed by atoms with E-state index in [0.29, 0.717) is 11.6 Å². The van der Waals surface area contributed by atoms with Crippen LogP contribution in [0, 0.1) is 10.1 Å². The van der Waals surface area contributed by atoms with Crippen LogP contribution in [0.4, 0.5) is 18.9 Å². The third-order valence-electron chi connectivity index (χ3n) is 3.57. The number of hydrogen-bond acceptors (Lipinski definition) is 5. The molecule has 1 heterocycles. The van der Waals surface area contributed by atoms with Crippen LogP contribution in [0.15, 0.2) is 57.7 Å². The van der Waals surface area contributed by atoms with Crippen molar-refractivity contribution in [1.82, 2.24) is 0 Å². The van der Waals surface area contributed by atoms with Crippen LogP contribution in [-0.2, 0) is 12.8 Å². The van der Waals surface area contributed by atoms with Gasteiger partial charge in [-0.3, -0.25) is 10.1 Å². The van der Waals surface area contributed by atoms with Gasteiger partial charge < -0.3 is 9.15 Å². The van der Waals surface area contributed by atoms with Gasteiger partial charge in [0.2, 0.25) is 0 Å². The van der Waals surface area contributed by atoms with Gasteiger partial charge in [0.1, 0.15) is 17.9 Å². The van der Waals surface area contributed by atoms with Crippen molar-refractivity contribution in [3.05, 3.63) is 80.2 Å². The molecule has 9 heteroatoms. The molecule has 3 aromatic rings. The Kier molecular flexibility index (Phi) is 4.37. The monoisotopic (exact) mass is 365 g/mol. The molecule has 3 rings (SSSR count). The molecule has 1 aromatic heterocycles. The topological polar surface area (TPSA) is 82.6 Å². The van der Waals surface area contributed by atoms with E-state index in [1.54, 1.807) is 0 Å². The van der Waals surface area contributed by atoms with E-state index >= 15 is 0 Å². The van der Waals surface area contributed by atoms with Crippen molar-refractivity contribution in [2.75, 3.05) is 0 Å². The number of nitrogens with zero attached hydrogens (tertiary/aromatic N) is 1. The number of halogens is 3. The van der Waals surface area contributed by atoms with E-state index in [9.17, 15) is 28.1 Å². The molecule has 2 aromatic carbocycles. The summed E-state index contributed by atoms with van der Waals surface area (Å²) < 4.78 is 49.3. The van der Waals surface area contributed by atoms with Gasteiger partial charge in [0.05, 0.1) is 10.5 Å². The van der Waals surface area contributed by atoms with E-state index in [2.05, 4.69) is 0 Å². The summed E-state index contributed by atoms with van der Waals surface area (Å²) in [6, 6.07) is 9.70. The van der Waals surface area contributed by atoms with Gasteiger partial charge in [-0.1, -0.05) is 0 Å². The zero-order chi connectivity index (χ0) is 18.9. The van der Waals surface area contributed by atoms with Gasteiger partial charge in [0.15, 0.2) is 0 Å². The van der Waals surface area contributed by atoms with Crippen LogP contribution in [0.2, 0.25) is 0 Å². The third kappa shape index (κ3) is 3.66. The number of benzene rings is 2. The summed E-state index contributed by atoms with van der Waals surface area (Å²) >= 11 is 0. The predicted molar refractivity (Wildman–Crippen MR) is 84.9 cm³/mol. The Morgan fingerprint density at radius 3 is 2.38 bits per heavy atom. The Labute approximate surface area is 143 Å². The van der Waals surface area contributed by atoms with Crippen molar-refractivity contribution >= 4 is 16.7 Å². The molecule has 0 aliphatic carbocycles. The average Bonchev–Trinajstić information content (AvgIpc) is 2.58. The lowest BCUT2D eigenvalue weighted by atomic mass is 10.1. The van der Waals surface area contributed by atoms with Gasteiger partial charge in [-0.2, -0.15) is 13.2 Å². The largest absolute Gasteiger partial charge is 0.489 e. The number of alkyl halides is 3. The van der Waals surface area contributed by atoms with E-state index in [4.69, 9.17) is 9.15 Å². The van der Waals surface area contributed by atoms with Gasteiger partial charge in [-0.25, -0.2) is 4.79 Å². The average molecular weight is 365 g/mol. The van der Waals surface area contributed by atoms with E-state index in [1.165, 1.54) is 36.4 Å². The number of nitro groups is 1. The maximum absolute atomic E-state index is 13.0. The molecule has 6 nitrogen and oxygen atoms in total. The molecule has 0 saturated carbocycles. The van der Waals surface area contributed by atoms with Crippen molar-refractivity contribution in [2.45, 2.75) is 12.8 Å². The summed E-state index contributed by atoms with van der Waals surface area (Å²) in [4.78, 5) is 21.4. The smallest absolute Gasteiger partial charge is 0.417 e. The quantitative estimate of drug-likeness (QED) is 0.391. The number of ether oxygens (including phenoxy) is 1. The van der Waals surface area contributed by atoms with Crippen LogP contribution in [0.5, 0.6) is 5.75 Å². The van der Waals surface area contributed by atoms with Gasteiger partial charge >= 0.3 is 11.8 Å². The fourth-order valence-corrected chi connectivity index (χ4v) is 2.35. The standard InChI is InChI=1S/C17H10F3NO5/c18-17(19,20)14-8-16(22)26-15-7-12(5-6-13(14)15)25-9-10-1-3-11(4-2-10)21(23)24/h1-8H,9H2. The number of non-ortho nitro benzene ring substituents is 1. The maximum atomic E-state index is 13.0. The minimum Gasteiger partial charge on any atom is -0.489 e. The second kappa shape index (κ2) is 6.51. The van der Waals surface area contributed by atoms with Crippen molar-refractivity contribution in [3.63, 3.8) is 0 Å². The first-order valence-electron chi connectivity index (χ1n) is 7.25. The highest BCUT2D eigenvalue weighted by atomic mass is 19.4. The Morgan fingerprint density at radius 1 is 1.08 bits per heavy atom. The zero-order valence-corrected chi connectivity index (χ0v) is 12.9. The molecule has 0 saturated heterocycles. The molecule has 0 aliphatic rings. The molecule has 0 amide bonds. The normalized spacial score (nSPS) is 11.5. The van der Waals surface area contributed by atoms with Crippen LogP contribution < -0.4 is 10.4 Å². The lowest BCUT2D eigenvalue weighted by Crippen LogP contribution is -2.11. The Morgan fingerprint density at radius 2 is 1.77 bits per heavy atom. The van der Waals surface area contributed by atoms with Crippen molar-refractivity contribution in [2.24, 2.45) is 0 Å². The molecule has 0 atom stereocenters. The van der Waals surface area contributed by atoms with Crippen LogP contribution in [0.1, 0.15) is 11.1 Å². The number of hydrogen-bond donors (Lipinski definition) is 0. The lowest BCUT2D eigenvalue weighted by Gasteiger charge is -2.11. The molecule has 0 bridgehead atoms. The summed E-state index contributed by atoms with van der Waals surface area (Å²) in [5, 5.41) is 10.3. The number of fused-ring (bicyclic) bond motifs is 1. The molecule has 0 aliphatic heterocycles. The number of nitro benzene ring substituents is 1. The molecule has 134 valence electrons. The van der Waals surface area contributed by atoms with Crippen LogP contribution >= 0.6 is 0 Å². The van der Waals surface area contributed by atoms with E-state index in [0.717, 1.165) is 6.07 Å². The SMILES string of the molecule is O=c1cc(C(F)(F)F)c2ccc(OCc3ccc([N+](=O)[O-])cc3)cc2o1. The summed E-state index contributed by atoms with van der Waals surface area (Å²) in [6.45, 7) is 0.0344. The second-order valence-electron chi connectivity index (χ2n) is 5.35. The van der Waals surface area contributed by atoms with Crippen molar-refractivity contribution < 1.29 is 27.2 Å². The lowest BCUT2D eigenvalue weighted by molar-refractivity contribution is -0.384. The van der Waals surface area contributed by atoms with Crippen LogP contribution in [0.25, 0.3) is 11.0 Å². The fourth-order valence-electron chi connectivity index (χ4n) is 2.35. The van der Waals surface area contributed by atoms with Crippen LogP contribution in [-0.4, -0.2) is 4.92 Å². The van der Waals surface area contributed by atoms with Gasteiger partial charge in [-0.15, -0.1) is 0 Å². The van der Waals surface area contributed by atoms with Crippen molar-refractivity contribution in [1.29, 1.82) is 0 Å². The first-order valence-corrected chi connectivity index (χ1v) is 7.25. The molecule has 0 N–H and O–H groups in total. The Balaban J connectivity index is 1.85. The van der Waals surface area contributed by atoms with E-state index in [1.807, 2.05) is 0 Å². The molecule has 0 unspecified atom stereocenters. The highest BCUT2D eigenvalue weighted by Crippen LogP contribution is 2.34. The molecular formula is C17H10F3NO5. The molecule has 0 fully saturated rings. The summed E-state index contributed by atoms with van der Waals surface area (Å²) in [5.41, 5.74) is -1.88. The summed E-state index contributed by atoms with van der Waals surface area (Å²) in [7, 11) is 0. The molecule has 0 radical (unpaired) electrons.